The van der Waals surface area contributed by atoms with Crippen LogP contribution in [0.5, 0.6) is 0 Å². The van der Waals surface area contributed by atoms with Crippen LogP contribution in [-0.4, -0.2) is 29.2 Å². The molecular formula is C17H26O3. The van der Waals surface area contributed by atoms with Crippen molar-refractivity contribution >= 4 is 5.78 Å². The molecule has 3 heteroatoms. The van der Waals surface area contributed by atoms with Crippen molar-refractivity contribution in [1.29, 1.82) is 0 Å². The van der Waals surface area contributed by atoms with Crippen molar-refractivity contribution in [1.82, 2.24) is 0 Å². The van der Waals surface area contributed by atoms with E-state index in [4.69, 9.17) is 9.47 Å². The van der Waals surface area contributed by atoms with E-state index in [1.54, 1.807) is 0 Å². The third-order valence-electron chi connectivity index (χ3n) is 4.57. The zero-order valence-corrected chi connectivity index (χ0v) is 12.7. The van der Waals surface area contributed by atoms with Gasteiger partial charge in [-0.15, -0.1) is 13.2 Å². The molecule has 4 unspecified atom stereocenters. The molecular weight excluding hydrogens is 252 g/mol. The van der Waals surface area contributed by atoms with Crippen LogP contribution in [0.2, 0.25) is 0 Å². The first-order valence-electron chi connectivity index (χ1n) is 7.52. The summed E-state index contributed by atoms with van der Waals surface area (Å²) in [5.41, 5.74) is -0.508. The van der Waals surface area contributed by atoms with Gasteiger partial charge in [-0.25, -0.2) is 0 Å². The minimum Gasteiger partial charge on any atom is -0.368 e. The summed E-state index contributed by atoms with van der Waals surface area (Å²) in [7, 11) is 0. The summed E-state index contributed by atoms with van der Waals surface area (Å²) >= 11 is 0. The maximum atomic E-state index is 12.1. The number of hydrogen-bond donors (Lipinski definition) is 0. The van der Waals surface area contributed by atoms with Crippen LogP contribution >= 0.6 is 0 Å². The lowest BCUT2D eigenvalue weighted by Crippen LogP contribution is -2.25. The van der Waals surface area contributed by atoms with Crippen molar-refractivity contribution < 1.29 is 14.3 Å². The minimum absolute atomic E-state index is 0.0395. The Kier molecular flexibility index (Phi) is 4.50. The molecule has 2 saturated heterocycles. The third kappa shape index (κ3) is 3.58. The van der Waals surface area contributed by atoms with Gasteiger partial charge in [-0.3, -0.25) is 4.79 Å². The van der Waals surface area contributed by atoms with Gasteiger partial charge in [0.15, 0.2) is 0 Å². The molecule has 0 spiro atoms. The average Bonchev–Trinajstić information content (AvgIpc) is 2.95. The molecule has 0 N–H and O–H groups in total. The Morgan fingerprint density at radius 1 is 1.05 bits per heavy atom. The van der Waals surface area contributed by atoms with E-state index in [9.17, 15) is 4.79 Å². The molecule has 0 aliphatic carbocycles. The van der Waals surface area contributed by atoms with Crippen LogP contribution in [0.15, 0.2) is 25.3 Å². The molecule has 2 fully saturated rings. The van der Waals surface area contributed by atoms with Crippen molar-refractivity contribution in [2.45, 2.75) is 75.8 Å². The van der Waals surface area contributed by atoms with E-state index in [-0.39, 0.29) is 29.2 Å². The van der Waals surface area contributed by atoms with Crippen LogP contribution in [0.1, 0.15) is 52.4 Å². The Balaban J connectivity index is 1.77. The van der Waals surface area contributed by atoms with Gasteiger partial charge in [0.1, 0.15) is 5.78 Å². The van der Waals surface area contributed by atoms with Crippen LogP contribution in [0.3, 0.4) is 0 Å². The first-order chi connectivity index (χ1) is 9.38. The summed E-state index contributed by atoms with van der Waals surface area (Å²) in [6.45, 7) is 11.7. The monoisotopic (exact) mass is 278 g/mol. The molecule has 0 bridgehead atoms. The number of carbonyl (C=O) groups is 1. The molecule has 0 aromatic carbocycles. The fourth-order valence-corrected chi connectivity index (χ4v) is 3.07. The number of ether oxygens (including phenoxy) is 2. The van der Waals surface area contributed by atoms with Crippen LogP contribution in [0, 0.1) is 0 Å². The number of ketones is 1. The van der Waals surface area contributed by atoms with Gasteiger partial charge >= 0.3 is 0 Å². The lowest BCUT2D eigenvalue weighted by molar-refractivity contribution is -0.125. The maximum absolute atomic E-state index is 12.1. The minimum atomic E-state index is -0.254. The number of rotatable bonds is 6. The van der Waals surface area contributed by atoms with Crippen LogP contribution in [0.25, 0.3) is 0 Å². The predicted octanol–water partition coefficient (Wildman–Crippen LogP) is 3.58. The summed E-state index contributed by atoms with van der Waals surface area (Å²) in [4.78, 5) is 12.1. The summed E-state index contributed by atoms with van der Waals surface area (Å²) in [6, 6.07) is 0. The van der Waals surface area contributed by atoms with E-state index in [0.717, 1.165) is 25.7 Å². The first kappa shape index (κ1) is 15.5. The average molecular weight is 278 g/mol. The molecule has 2 rings (SSSR count). The quantitative estimate of drug-likeness (QED) is 0.697. The second kappa shape index (κ2) is 5.82. The Morgan fingerprint density at radius 3 is 1.75 bits per heavy atom. The zero-order chi connectivity index (χ0) is 14.8. The highest BCUT2D eigenvalue weighted by Crippen LogP contribution is 2.35. The molecule has 2 aliphatic rings. The van der Waals surface area contributed by atoms with Crippen molar-refractivity contribution in [2.24, 2.45) is 0 Å². The maximum Gasteiger partial charge on any atom is 0.138 e. The second-order valence-electron chi connectivity index (χ2n) is 6.54. The molecule has 0 saturated carbocycles. The van der Waals surface area contributed by atoms with E-state index in [1.165, 1.54) is 0 Å². The van der Waals surface area contributed by atoms with Gasteiger partial charge in [0, 0.05) is 12.8 Å². The van der Waals surface area contributed by atoms with Gasteiger partial charge in [-0.05, 0) is 39.5 Å². The van der Waals surface area contributed by atoms with Crippen LogP contribution in [-0.2, 0) is 14.3 Å². The molecule has 0 aromatic rings. The number of hydrogen-bond acceptors (Lipinski definition) is 3. The highest BCUT2D eigenvalue weighted by atomic mass is 16.5. The SMILES string of the molecule is C=CC1(C)CCC(CC(=O)CC2CCC(C)(C=C)O2)O1. The fourth-order valence-electron chi connectivity index (χ4n) is 3.07. The molecule has 0 amide bonds. The Labute approximate surface area is 122 Å². The van der Waals surface area contributed by atoms with Gasteiger partial charge in [0.25, 0.3) is 0 Å². The molecule has 2 heterocycles. The standard InChI is InChI=1S/C17H26O3/c1-5-16(3)9-7-14(19-16)11-13(18)12-15-8-10-17(4,6-2)20-15/h5-6,14-15H,1-2,7-12H2,3-4H3. The lowest BCUT2D eigenvalue weighted by Gasteiger charge is -2.21. The molecule has 3 nitrogen and oxygen atoms in total. The Morgan fingerprint density at radius 2 is 1.45 bits per heavy atom. The molecule has 4 atom stereocenters. The van der Waals surface area contributed by atoms with Crippen molar-refractivity contribution in [3.63, 3.8) is 0 Å². The fraction of sp³-hybridized carbons (Fsp3) is 0.706. The molecule has 0 radical (unpaired) electrons. The van der Waals surface area contributed by atoms with Crippen LogP contribution in [0.4, 0.5) is 0 Å². The van der Waals surface area contributed by atoms with Gasteiger partial charge in [-0.2, -0.15) is 0 Å². The summed E-state index contributed by atoms with van der Waals surface area (Å²) < 4.78 is 11.8. The van der Waals surface area contributed by atoms with E-state index < -0.39 is 0 Å². The van der Waals surface area contributed by atoms with E-state index in [1.807, 2.05) is 26.0 Å². The molecule has 112 valence electrons. The van der Waals surface area contributed by atoms with Crippen molar-refractivity contribution in [2.75, 3.05) is 0 Å². The van der Waals surface area contributed by atoms with Gasteiger partial charge < -0.3 is 9.47 Å². The van der Waals surface area contributed by atoms with Gasteiger partial charge in [0.05, 0.1) is 23.4 Å². The number of carbonyl (C=O) groups excluding carboxylic acids is 1. The van der Waals surface area contributed by atoms with E-state index >= 15 is 0 Å². The molecule has 0 aromatic heterocycles. The lowest BCUT2D eigenvalue weighted by atomic mass is 9.99. The van der Waals surface area contributed by atoms with Crippen molar-refractivity contribution in [3.8, 4) is 0 Å². The van der Waals surface area contributed by atoms with Crippen molar-refractivity contribution in [3.05, 3.63) is 25.3 Å². The van der Waals surface area contributed by atoms with Gasteiger partial charge in [-0.1, -0.05) is 12.2 Å². The van der Waals surface area contributed by atoms with Crippen LogP contribution < -0.4 is 0 Å². The van der Waals surface area contributed by atoms with Gasteiger partial charge in [0.2, 0.25) is 0 Å². The first-order valence-corrected chi connectivity index (χ1v) is 7.52. The highest BCUT2D eigenvalue weighted by molar-refractivity contribution is 5.79. The molecule has 2 aliphatic heterocycles. The largest absolute Gasteiger partial charge is 0.368 e. The highest BCUT2D eigenvalue weighted by Gasteiger charge is 2.37. The Hall–Kier alpha value is -0.930. The summed E-state index contributed by atoms with van der Waals surface area (Å²) in [5.74, 6) is 0.238. The van der Waals surface area contributed by atoms with E-state index in [0.29, 0.717) is 12.8 Å². The Bertz CT molecular complexity index is 367. The summed E-state index contributed by atoms with van der Waals surface area (Å²) in [6.07, 6.45) is 8.51. The third-order valence-corrected chi connectivity index (χ3v) is 4.57. The topological polar surface area (TPSA) is 35.5 Å². The smallest absolute Gasteiger partial charge is 0.138 e. The second-order valence-corrected chi connectivity index (χ2v) is 6.54. The summed E-state index contributed by atoms with van der Waals surface area (Å²) in [5, 5.41) is 0. The molecule has 20 heavy (non-hydrogen) atoms. The predicted molar refractivity (Wildman–Crippen MR) is 79.7 cm³/mol. The van der Waals surface area contributed by atoms with E-state index in [2.05, 4.69) is 13.2 Å². The zero-order valence-electron chi connectivity index (χ0n) is 12.7. The number of Topliss-reactive ketones (excluding diaryl/α,β-unsaturated/α-hetero) is 1. The normalized spacial score (nSPS) is 40.7.